The molecule has 0 bridgehead atoms. The smallest absolute Gasteiger partial charge is 0.259 e. The summed E-state index contributed by atoms with van der Waals surface area (Å²) in [4.78, 5) is 12.3. The zero-order valence-electron chi connectivity index (χ0n) is 14.6. The normalized spacial score (nSPS) is 20.5. The molecule has 0 saturated carbocycles. The highest BCUT2D eigenvalue weighted by molar-refractivity contribution is 7.88. The summed E-state index contributed by atoms with van der Waals surface area (Å²) in [6, 6.07) is 14.3. The van der Waals surface area contributed by atoms with Crippen molar-refractivity contribution in [3.8, 4) is 0 Å². The van der Waals surface area contributed by atoms with E-state index in [1.807, 2.05) is 18.2 Å². The minimum Gasteiger partial charge on any atom is -0.349 e. The number of sulfonamides is 1. The van der Waals surface area contributed by atoms with Gasteiger partial charge in [-0.05, 0) is 23.3 Å². The molecule has 1 saturated heterocycles. The van der Waals surface area contributed by atoms with E-state index in [-0.39, 0.29) is 25.1 Å². The molecule has 0 aromatic heterocycles. The van der Waals surface area contributed by atoms with Crippen LogP contribution in [0.1, 0.15) is 17.5 Å². The second-order valence-corrected chi connectivity index (χ2v) is 8.57. The van der Waals surface area contributed by atoms with Crippen LogP contribution in [-0.2, 0) is 27.1 Å². The van der Waals surface area contributed by atoms with Gasteiger partial charge >= 0.3 is 0 Å². The van der Waals surface area contributed by atoms with Crippen molar-refractivity contribution in [1.29, 1.82) is 0 Å². The molecule has 5 nitrogen and oxygen atoms in total. The number of nitrogens with one attached hydrogen (secondary N) is 1. The lowest BCUT2D eigenvalue weighted by atomic mass is 10.0. The molecule has 2 aromatic carbocycles. The number of carbonyl (C=O) groups excluding carboxylic acids is 1. The van der Waals surface area contributed by atoms with Crippen molar-refractivity contribution < 1.29 is 22.0 Å². The Morgan fingerprint density at radius 1 is 1.11 bits per heavy atom. The molecule has 1 atom stereocenters. The number of amides is 1. The summed E-state index contributed by atoms with van der Waals surface area (Å²) in [6.07, 6.45) is -0.212. The van der Waals surface area contributed by atoms with E-state index in [2.05, 4.69) is 5.32 Å². The van der Waals surface area contributed by atoms with Crippen LogP contribution in [0.15, 0.2) is 54.6 Å². The fourth-order valence-electron chi connectivity index (χ4n) is 3.03. The predicted octanol–water partition coefficient (Wildman–Crippen LogP) is 2.39. The Kier molecular flexibility index (Phi) is 5.57. The fourth-order valence-corrected chi connectivity index (χ4v) is 4.58. The highest BCUT2D eigenvalue weighted by Crippen LogP contribution is 2.29. The van der Waals surface area contributed by atoms with Crippen LogP contribution < -0.4 is 5.32 Å². The van der Waals surface area contributed by atoms with E-state index in [9.17, 15) is 17.6 Å². The summed E-state index contributed by atoms with van der Waals surface area (Å²) in [5, 5.41) is 2.53. The third-order valence-corrected chi connectivity index (χ3v) is 6.32. The molecule has 0 aliphatic carbocycles. The van der Waals surface area contributed by atoms with Gasteiger partial charge in [0.15, 0.2) is 0 Å². The Balaban J connectivity index is 1.62. The van der Waals surface area contributed by atoms with Gasteiger partial charge in [-0.15, -0.1) is 0 Å². The van der Waals surface area contributed by atoms with Crippen molar-refractivity contribution in [2.45, 2.75) is 24.4 Å². The second kappa shape index (κ2) is 7.74. The summed E-state index contributed by atoms with van der Waals surface area (Å²) in [5.74, 6) is -1.80. The topological polar surface area (TPSA) is 66.5 Å². The van der Waals surface area contributed by atoms with Crippen LogP contribution in [0.25, 0.3) is 0 Å². The van der Waals surface area contributed by atoms with Crippen molar-refractivity contribution in [3.63, 3.8) is 0 Å². The maximum Gasteiger partial charge on any atom is 0.259 e. The summed E-state index contributed by atoms with van der Waals surface area (Å²) < 4.78 is 54.2. The van der Waals surface area contributed by atoms with Gasteiger partial charge in [-0.25, -0.2) is 17.2 Å². The first-order chi connectivity index (χ1) is 12.8. The van der Waals surface area contributed by atoms with E-state index in [0.29, 0.717) is 0 Å². The first-order valence-electron chi connectivity index (χ1n) is 8.52. The maximum atomic E-state index is 15.0. The first-order valence-corrected chi connectivity index (χ1v) is 10.1. The van der Waals surface area contributed by atoms with Crippen LogP contribution in [0.5, 0.6) is 0 Å². The number of rotatable bonds is 6. The molecule has 1 aliphatic rings. The SMILES string of the molecule is O=C(NCc1ccccc1)C1(F)CCN(S(=O)(=O)Cc2cccc(F)c2)C1. The molecular weight excluding hydrogens is 374 g/mol. The third kappa shape index (κ3) is 4.70. The lowest BCUT2D eigenvalue weighted by molar-refractivity contribution is -0.132. The van der Waals surface area contributed by atoms with Crippen molar-refractivity contribution in [2.24, 2.45) is 0 Å². The summed E-state index contributed by atoms with van der Waals surface area (Å²) in [6.45, 7) is -0.459. The van der Waals surface area contributed by atoms with Gasteiger partial charge in [-0.3, -0.25) is 4.79 Å². The summed E-state index contributed by atoms with van der Waals surface area (Å²) in [7, 11) is -3.85. The first kappa shape index (κ1) is 19.4. The minimum absolute atomic E-state index is 0.0904. The molecule has 1 N–H and O–H groups in total. The lowest BCUT2D eigenvalue weighted by Crippen LogP contribution is -2.45. The van der Waals surface area contributed by atoms with Gasteiger partial charge in [0.25, 0.3) is 5.91 Å². The molecule has 8 heteroatoms. The largest absolute Gasteiger partial charge is 0.349 e. The zero-order valence-corrected chi connectivity index (χ0v) is 15.4. The zero-order chi connectivity index (χ0) is 19.5. The maximum absolute atomic E-state index is 15.0. The highest BCUT2D eigenvalue weighted by atomic mass is 32.2. The summed E-state index contributed by atoms with van der Waals surface area (Å²) >= 11 is 0. The Labute approximate surface area is 157 Å². The van der Waals surface area contributed by atoms with E-state index in [1.165, 1.54) is 18.2 Å². The van der Waals surface area contributed by atoms with Gasteiger partial charge in [0, 0.05) is 19.5 Å². The number of halogens is 2. The van der Waals surface area contributed by atoms with Gasteiger partial charge < -0.3 is 5.32 Å². The Bertz CT molecular complexity index is 922. The van der Waals surface area contributed by atoms with Gasteiger partial charge in [0.05, 0.1) is 12.3 Å². The van der Waals surface area contributed by atoms with Crippen molar-refractivity contribution >= 4 is 15.9 Å². The second-order valence-electron chi connectivity index (χ2n) is 6.60. The van der Waals surface area contributed by atoms with E-state index in [0.717, 1.165) is 15.9 Å². The molecule has 0 radical (unpaired) electrons. The number of carbonyl (C=O) groups is 1. The van der Waals surface area contributed by atoms with Gasteiger partial charge in [0.1, 0.15) is 5.82 Å². The molecule has 3 rings (SSSR count). The van der Waals surface area contributed by atoms with Crippen LogP contribution >= 0.6 is 0 Å². The lowest BCUT2D eigenvalue weighted by Gasteiger charge is -2.20. The van der Waals surface area contributed by atoms with Crippen LogP contribution in [-0.4, -0.2) is 37.4 Å². The quantitative estimate of drug-likeness (QED) is 0.818. The number of benzene rings is 2. The monoisotopic (exact) mass is 394 g/mol. The number of hydrogen-bond acceptors (Lipinski definition) is 3. The van der Waals surface area contributed by atoms with E-state index >= 15 is 4.39 Å². The molecule has 0 spiro atoms. The van der Waals surface area contributed by atoms with E-state index < -0.39 is 39.7 Å². The molecule has 1 unspecified atom stereocenters. The standard InChI is InChI=1S/C19H20F2N2O3S/c20-17-8-4-7-16(11-17)13-27(25,26)23-10-9-19(21,14-23)18(24)22-12-15-5-2-1-3-6-15/h1-8,11H,9-10,12-14H2,(H,22,24). The van der Waals surface area contributed by atoms with Crippen LogP contribution in [0.2, 0.25) is 0 Å². The Hall–Kier alpha value is -2.32. The number of hydrogen-bond donors (Lipinski definition) is 1. The molecule has 1 heterocycles. The average molecular weight is 394 g/mol. The van der Waals surface area contributed by atoms with Crippen LogP contribution in [0.3, 0.4) is 0 Å². The van der Waals surface area contributed by atoms with Crippen molar-refractivity contribution in [2.75, 3.05) is 13.1 Å². The molecule has 1 fully saturated rings. The minimum atomic E-state index is -3.85. The molecule has 27 heavy (non-hydrogen) atoms. The van der Waals surface area contributed by atoms with Crippen LogP contribution in [0.4, 0.5) is 8.78 Å². The Morgan fingerprint density at radius 3 is 2.52 bits per heavy atom. The molecule has 2 aromatic rings. The third-order valence-electron chi connectivity index (χ3n) is 4.52. The van der Waals surface area contributed by atoms with Gasteiger partial charge in [-0.2, -0.15) is 4.31 Å². The molecule has 144 valence electrons. The molecular formula is C19H20F2N2O3S. The van der Waals surface area contributed by atoms with Crippen LogP contribution in [0, 0.1) is 5.82 Å². The fraction of sp³-hybridized carbons (Fsp3) is 0.316. The molecule has 1 aliphatic heterocycles. The molecule has 1 amide bonds. The average Bonchev–Trinajstić information content (AvgIpc) is 3.05. The Morgan fingerprint density at radius 2 is 1.81 bits per heavy atom. The van der Waals surface area contributed by atoms with Gasteiger partial charge in [-0.1, -0.05) is 42.5 Å². The highest BCUT2D eigenvalue weighted by Gasteiger charge is 2.48. The van der Waals surface area contributed by atoms with E-state index in [4.69, 9.17) is 0 Å². The van der Waals surface area contributed by atoms with Crippen molar-refractivity contribution in [1.82, 2.24) is 9.62 Å². The van der Waals surface area contributed by atoms with Gasteiger partial charge in [0.2, 0.25) is 15.7 Å². The predicted molar refractivity (Wildman–Crippen MR) is 97.3 cm³/mol. The summed E-state index contributed by atoms with van der Waals surface area (Å²) in [5.41, 5.74) is -1.17. The number of nitrogens with zero attached hydrogens (tertiary/aromatic N) is 1. The van der Waals surface area contributed by atoms with Crippen molar-refractivity contribution in [3.05, 3.63) is 71.5 Å². The van der Waals surface area contributed by atoms with E-state index in [1.54, 1.807) is 12.1 Å². The number of alkyl halides is 1.